The summed E-state index contributed by atoms with van der Waals surface area (Å²) in [7, 11) is 0. The SMILES string of the molecule is CC(Oc1ccc(C#N)cc1)C(=O)NC(CN1CCCC1)c1ccccc1. The predicted molar refractivity (Wildman–Crippen MR) is 104 cm³/mol. The summed E-state index contributed by atoms with van der Waals surface area (Å²) < 4.78 is 5.75. The maximum atomic E-state index is 12.7. The van der Waals surface area contributed by atoms with Gasteiger partial charge in [-0.05, 0) is 62.7 Å². The van der Waals surface area contributed by atoms with E-state index in [1.807, 2.05) is 30.3 Å². The Morgan fingerprint density at radius 3 is 2.44 bits per heavy atom. The fourth-order valence-corrected chi connectivity index (χ4v) is 3.30. The van der Waals surface area contributed by atoms with Gasteiger partial charge in [-0.1, -0.05) is 30.3 Å². The molecular weight excluding hydrogens is 338 g/mol. The largest absolute Gasteiger partial charge is 0.481 e. The molecule has 1 saturated heterocycles. The second-order valence-electron chi connectivity index (χ2n) is 6.88. The van der Waals surface area contributed by atoms with Crippen LogP contribution in [0.25, 0.3) is 0 Å². The van der Waals surface area contributed by atoms with E-state index in [1.54, 1.807) is 31.2 Å². The lowest BCUT2D eigenvalue weighted by Gasteiger charge is -2.26. The van der Waals surface area contributed by atoms with Gasteiger partial charge in [0, 0.05) is 6.54 Å². The Labute approximate surface area is 160 Å². The van der Waals surface area contributed by atoms with Crippen molar-refractivity contribution >= 4 is 5.91 Å². The molecular formula is C22H25N3O2. The number of hydrogen-bond acceptors (Lipinski definition) is 4. The summed E-state index contributed by atoms with van der Waals surface area (Å²) >= 11 is 0. The molecule has 2 atom stereocenters. The van der Waals surface area contributed by atoms with E-state index in [-0.39, 0.29) is 11.9 Å². The number of likely N-dealkylation sites (tertiary alicyclic amines) is 1. The zero-order valence-electron chi connectivity index (χ0n) is 15.6. The Kier molecular flexibility index (Phi) is 6.45. The third-order valence-electron chi connectivity index (χ3n) is 4.82. The van der Waals surface area contributed by atoms with Crippen molar-refractivity contribution in [3.05, 3.63) is 65.7 Å². The highest BCUT2D eigenvalue weighted by atomic mass is 16.5. The average molecular weight is 363 g/mol. The van der Waals surface area contributed by atoms with E-state index in [9.17, 15) is 4.79 Å². The zero-order chi connectivity index (χ0) is 19.1. The van der Waals surface area contributed by atoms with Gasteiger partial charge in [0.25, 0.3) is 5.91 Å². The maximum Gasteiger partial charge on any atom is 0.261 e. The molecule has 0 aromatic heterocycles. The first kappa shape index (κ1) is 18.9. The molecule has 2 aromatic carbocycles. The molecule has 0 aliphatic carbocycles. The summed E-state index contributed by atoms with van der Waals surface area (Å²) in [5.41, 5.74) is 1.66. The van der Waals surface area contributed by atoms with Crippen molar-refractivity contribution in [3.8, 4) is 11.8 Å². The monoisotopic (exact) mass is 363 g/mol. The number of ether oxygens (including phenoxy) is 1. The maximum absolute atomic E-state index is 12.7. The van der Waals surface area contributed by atoms with Crippen LogP contribution in [-0.4, -0.2) is 36.5 Å². The van der Waals surface area contributed by atoms with Crippen molar-refractivity contribution in [2.75, 3.05) is 19.6 Å². The van der Waals surface area contributed by atoms with Crippen LogP contribution < -0.4 is 10.1 Å². The topological polar surface area (TPSA) is 65.4 Å². The Balaban J connectivity index is 1.64. The summed E-state index contributed by atoms with van der Waals surface area (Å²) in [6.45, 7) is 4.71. The van der Waals surface area contributed by atoms with E-state index >= 15 is 0 Å². The molecule has 0 radical (unpaired) electrons. The third-order valence-corrected chi connectivity index (χ3v) is 4.82. The Hall–Kier alpha value is -2.84. The van der Waals surface area contributed by atoms with Gasteiger partial charge in [-0.25, -0.2) is 0 Å². The highest BCUT2D eigenvalue weighted by Gasteiger charge is 2.23. The van der Waals surface area contributed by atoms with E-state index in [4.69, 9.17) is 10.00 Å². The van der Waals surface area contributed by atoms with Gasteiger partial charge in [-0.15, -0.1) is 0 Å². The number of nitrogens with zero attached hydrogens (tertiary/aromatic N) is 2. The number of hydrogen-bond donors (Lipinski definition) is 1. The highest BCUT2D eigenvalue weighted by molar-refractivity contribution is 5.81. The van der Waals surface area contributed by atoms with Crippen LogP contribution in [0.3, 0.4) is 0 Å². The van der Waals surface area contributed by atoms with Crippen molar-refractivity contribution in [2.45, 2.75) is 31.9 Å². The summed E-state index contributed by atoms with van der Waals surface area (Å²) in [5, 5.41) is 12.0. The van der Waals surface area contributed by atoms with Gasteiger partial charge in [0.1, 0.15) is 5.75 Å². The fourth-order valence-electron chi connectivity index (χ4n) is 3.30. The van der Waals surface area contributed by atoms with E-state index in [0.29, 0.717) is 11.3 Å². The van der Waals surface area contributed by atoms with Crippen molar-refractivity contribution in [1.29, 1.82) is 5.26 Å². The van der Waals surface area contributed by atoms with E-state index in [1.165, 1.54) is 12.8 Å². The molecule has 1 heterocycles. The molecule has 1 aliphatic heterocycles. The predicted octanol–water partition coefficient (Wildman–Crippen LogP) is 3.28. The minimum Gasteiger partial charge on any atom is -0.481 e. The molecule has 2 aromatic rings. The number of amides is 1. The van der Waals surface area contributed by atoms with E-state index in [2.05, 4.69) is 16.3 Å². The summed E-state index contributed by atoms with van der Waals surface area (Å²) in [6.07, 6.45) is 1.81. The summed E-state index contributed by atoms with van der Waals surface area (Å²) in [4.78, 5) is 15.1. The van der Waals surface area contributed by atoms with E-state index in [0.717, 1.165) is 25.2 Å². The first-order valence-electron chi connectivity index (χ1n) is 9.40. The Bertz CT molecular complexity index is 777. The molecule has 0 bridgehead atoms. The summed E-state index contributed by atoms with van der Waals surface area (Å²) in [6, 6.07) is 18.9. The van der Waals surface area contributed by atoms with Crippen LogP contribution in [0.1, 0.15) is 36.9 Å². The molecule has 2 unspecified atom stereocenters. The van der Waals surface area contributed by atoms with Crippen molar-refractivity contribution in [3.63, 3.8) is 0 Å². The first-order chi connectivity index (χ1) is 13.2. The molecule has 1 aliphatic rings. The van der Waals surface area contributed by atoms with Crippen LogP contribution in [0.4, 0.5) is 0 Å². The second kappa shape index (κ2) is 9.20. The molecule has 5 nitrogen and oxygen atoms in total. The smallest absolute Gasteiger partial charge is 0.261 e. The quantitative estimate of drug-likeness (QED) is 0.820. The second-order valence-corrected chi connectivity index (χ2v) is 6.88. The fraction of sp³-hybridized carbons (Fsp3) is 0.364. The zero-order valence-corrected chi connectivity index (χ0v) is 15.6. The molecule has 0 spiro atoms. The molecule has 1 amide bonds. The van der Waals surface area contributed by atoms with Gasteiger partial charge >= 0.3 is 0 Å². The number of nitrogens with one attached hydrogen (secondary N) is 1. The standard InChI is InChI=1S/C22H25N3O2/c1-17(27-20-11-9-18(15-23)10-12-20)22(26)24-21(16-25-13-5-6-14-25)19-7-3-2-4-8-19/h2-4,7-12,17,21H,5-6,13-14,16H2,1H3,(H,24,26). The van der Waals surface area contributed by atoms with Crippen molar-refractivity contribution in [1.82, 2.24) is 10.2 Å². The highest BCUT2D eigenvalue weighted by Crippen LogP contribution is 2.19. The van der Waals surface area contributed by atoms with Gasteiger partial charge in [-0.3, -0.25) is 4.79 Å². The van der Waals surface area contributed by atoms with Crippen molar-refractivity contribution in [2.24, 2.45) is 0 Å². The van der Waals surface area contributed by atoms with E-state index < -0.39 is 6.10 Å². The van der Waals surface area contributed by atoms with Crippen LogP contribution in [-0.2, 0) is 4.79 Å². The molecule has 1 fully saturated rings. The molecule has 3 rings (SSSR count). The minimum atomic E-state index is -0.622. The molecule has 0 saturated carbocycles. The molecule has 27 heavy (non-hydrogen) atoms. The van der Waals surface area contributed by atoms with Gasteiger partial charge in [0.05, 0.1) is 17.7 Å². The lowest BCUT2D eigenvalue weighted by Crippen LogP contribution is -2.42. The summed E-state index contributed by atoms with van der Waals surface area (Å²) in [5.74, 6) is 0.430. The number of nitriles is 1. The van der Waals surface area contributed by atoms with Crippen LogP contribution in [0, 0.1) is 11.3 Å². The van der Waals surface area contributed by atoms with Gasteiger partial charge in [0.2, 0.25) is 0 Å². The number of benzene rings is 2. The number of carbonyl (C=O) groups is 1. The van der Waals surface area contributed by atoms with Gasteiger partial charge < -0.3 is 15.0 Å². The molecule has 5 heteroatoms. The molecule has 140 valence electrons. The Morgan fingerprint density at radius 2 is 1.81 bits per heavy atom. The number of rotatable bonds is 7. The normalized spacial score (nSPS) is 16.3. The van der Waals surface area contributed by atoms with Gasteiger partial charge in [0.15, 0.2) is 6.10 Å². The average Bonchev–Trinajstić information content (AvgIpc) is 3.22. The Morgan fingerprint density at radius 1 is 1.15 bits per heavy atom. The van der Waals surface area contributed by atoms with Crippen LogP contribution in [0.5, 0.6) is 5.75 Å². The lowest BCUT2D eigenvalue weighted by atomic mass is 10.1. The van der Waals surface area contributed by atoms with Gasteiger partial charge in [-0.2, -0.15) is 5.26 Å². The lowest BCUT2D eigenvalue weighted by molar-refractivity contribution is -0.128. The van der Waals surface area contributed by atoms with Crippen LogP contribution in [0.15, 0.2) is 54.6 Å². The van der Waals surface area contributed by atoms with Crippen LogP contribution >= 0.6 is 0 Å². The first-order valence-corrected chi connectivity index (χ1v) is 9.40. The van der Waals surface area contributed by atoms with Crippen LogP contribution in [0.2, 0.25) is 0 Å². The van der Waals surface area contributed by atoms with Crippen molar-refractivity contribution < 1.29 is 9.53 Å². The minimum absolute atomic E-state index is 0.0659. The molecule has 1 N–H and O–H groups in total. The number of carbonyl (C=O) groups excluding carboxylic acids is 1. The third kappa shape index (κ3) is 5.32.